The number of hydrogen-bond donors (Lipinski definition) is 0. The molecule has 0 unspecified atom stereocenters. The molecule has 0 spiro atoms. The van der Waals surface area contributed by atoms with Gasteiger partial charge in [0.1, 0.15) is 0 Å². The molecule has 0 atom stereocenters. The average Bonchev–Trinajstić information content (AvgIpc) is 2.89. The van der Waals surface area contributed by atoms with Crippen molar-refractivity contribution in [2.24, 2.45) is 12.0 Å². The normalized spacial score (nSPS) is 11.4. The van der Waals surface area contributed by atoms with E-state index < -0.39 is 0 Å². The molecule has 0 radical (unpaired) electrons. The van der Waals surface area contributed by atoms with Crippen molar-refractivity contribution < 1.29 is 0 Å². The largest absolute Gasteiger partial charge is 0.321 e. The quantitative estimate of drug-likeness (QED) is 0.620. The lowest BCUT2D eigenvalue weighted by Crippen LogP contribution is -1.96. The van der Waals surface area contributed by atoms with Gasteiger partial charge in [0.2, 0.25) is 5.13 Å². The highest BCUT2D eigenvalue weighted by Gasteiger charge is 2.03. The molecule has 0 aliphatic carbocycles. The Labute approximate surface area is 102 Å². The lowest BCUT2D eigenvalue weighted by Gasteiger charge is -1.99. The Bertz CT molecular complexity index is 473. The fourth-order valence-corrected chi connectivity index (χ4v) is 2.35. The van der Waals surface area contributed by atoms with E-state index in [0.717, 1.165) is 21.7 Å². The first-order valence-corrected chi connectivity index (χ1v) is 6.76. The summed E-state index contributed by atoms with van der Waals surface area (Å²) < 4.78 is 2.03. The Morgan fingerprint density at radius 3 is 3.12 bits per heavy atom. The molecule has 0 fully saturated rings. The lowest BCUT2D eigenvalue weighted by molar-refractivity contribution is 0.785. The maximum atomic E-state index is 4.32. The number of aromatic nitrogens is 3. The summed E-state index contributed by atoms with van der Waals surface area (Å²) in [5.41, 5.74) is 0.992. The molecule has 0 saturated heterocycles. The minimum absolute atomic E-state index is 0.769. The molecule has 0 amide bonds. The standard InChI is InChI=1S/C10H12N4S2/c1-3-15-10-13-7-8(14(10)2)6-12-9-11-4-5-16-9/h4-7H,3H2,1-2H3/b12-6+. The van der Waals surface area contributed by atoms with Gasteiger partial charge >= 0.3 is 0 Å². The van der Waals surface area contributed by atoms with E-state index in [1.807, 2.05) is 23.2 Å². The van der Waals surface area contributed by atoms with E-state index in [0.29, 0.717) is 0 Å². The van der Waals surface area contributed by atoms with E-state index >= 15 is 0 Å². The molecule has 2 heterocycles. The summed E-state index contributed by atoms with van der Waals surface area (Å²) in [7, 11) is 1.99. The zero-order valence-electron chi connectivity index (χ0n) is 9.12. The molecule has 84 valence electrons. The molecular formula is C10H12N4S2. The molecule has 2 rings (SSSR count). The Morgan fingerprint density at radius 2 is 2.44 bits per heavy atom. The van der Waals surface area contributed by atoms with Crippen molar-refractivity contribution in [1.29, 1.82) is 0 Å². The van der Waals surface area contributed by atoms with Crippen LogP contribution in [0.2, 0.25) is 0 Å². The van der Waals surface area contributed by atoms with E-state index in [4.69, 9.17) is 0 Å². The molecule has 0 aliphatic heterocycles. The second kappa shape index (κ2) is 5.27. The van der Waals surface area contributed by atoms with Gasteiger partial charge in [0.05, 0.1) is 18.1 Å². The van der Waals surface area contributed by atoms with E-state index in [-0.39, 0.29) is 0 Å². The predicted octanol–water partition coefficient (Wildman–Crippen LogP) is 2.74. The van der Waals surface area contributed by atoms with Gasteiger partial charge in [-0.25, -0.2) is 15.0 Å². The van der Waals surface area contributed by atoms with Crippen molar-refractivity contribution in [3.8, 4) is 0 Å². The van der Waals surface area contributed by atoms with Gasteiger partial charge in [-0.3, -0.25) is 0 Å². The molecule has 0 N–H and O–H groups in total. The number of rotatable bonds is 4. The van der Waals surface area contributed by atoms with Gasteiger partial charge < -0.3 is 4.57 Å². The third-order valence-corrected chi connectivity index (χ3v) is 3.59. The minimum Gasteiger partial charge on any atom is -0.321 e. The zero-order valence-corrected chi connectivity index (χ0v) is 10.8. The van der Waals surface area contributed by atoms with E-state index in [2.05, 4.69) is 21.9 Å². The molecule has 6 heteroatoms. The molecule has 0 aliphatic rings. The van der Waals surface area contributed by atoms with Crippen molar-refractivity contribution in [3.05, 3.63) is 23.5 Å². The van der Waals surface area contributed by atoms with E-state index in [9.17, 15) is 0 Å². The maximum Gasteiger partial charge on any atom is 0.209 e. The SMILES string of the molecule is CCSc1ncc(/C=N/c2nccs2)n1C. The first-order valence-electron chi connectivity index (χ1n) is 4.89. The van der Waals surface area contributed by atoms with Crippen LogP contribution in [0.5, 0.6) is 0 Å². The summed E-state index contributed by atoms with van der Waals surface area (Å²) in [6.45, 7) is 2.11. The summed E-state index contributed by atoms with van der Waals surface area (Å²) in [6, 6.07) is 0. The van der Waals surface area contributed by atoms with Gasteiger partial charge in [0, 0.05) is 18.6 Å². The topological polar surface area (TPSA) is 43.1 Å². The van der Waals surface area contributed by atoms with Crippen LogP contribution in [0.25, 0.3) is 0 Å². The van der Waals surface area contributed by atoms with E-state index in [1.165, 1.54) is 11.3 Å². The second-order valence-corrected chi connectivity index (χ2v) is 5.13. The first kappa shape index (κ1) is 11.3. The zero-order chi connectivity index (χ0) is 11.4. The van der Waals surface area contributed by atoms with E-state index in [1.54, 1.807) is 24.2 Å². The van der Waals surface area contributed by atoms with Gasteiger partial charge in [0.15, 0.2) is 5.16 Å². The van der Waals surface area contributed by atoms with Crippen molar-refractivity contribution in [2.75, 3.05) is 5.75 Å². The molecule has 2 aromatic heterocycles. The number of thioether (sulfide) groups is 1. The molecule has 16 heavy (non-hydrogen) atoms. The lowest BCUT2D eigenvalue weighted by atomic mass is 10.5. The highest BCUT2D eigenvalue weighted by Crippen LogP contribution is 2.17. The second-order valence-electron chi connectivity index (χ2n) is 3.03. The van der Waals surface area contributed by atoms with Gasteiger partial charge in [-0.2, -0.15) is 0 Å². The molecule has 0 bridgehead atoms. The van der Waals surface area contributed by atoms with Crippen LogP contribution in [0.3, 0.4) is 0 Å². The molecule has 0 saturated carbocycles. The van der Waals surface area contributed by atoms with Crippen LogP contribution >= 0.6 is 23.1 Å². The third kappa shape index (κ3) is 2.51. The fraction of sp³-hybridized carbons (Fsp3) is 0.300. The van der Waals surface area contributed by atoms with Crippen LogP contribution in [-0.2, 0) is 7.05 Å². The number of nitrogens with zero attached hydrogens (tertiary/aromatic N) is 4. The van der Waals surface area contributed by atoms with Crippen LogP contribution in [0.15, 0.2) is 27.9 Å². The van der Waals surface area contributed by atoms with Crippen LogP contribution in [0.1, 0.15) is 12.6 Å². The van der Waals surface area contributed by atoms with Crippen molar-refractivity contribution in [1.82, 2.24) is 14.5 Å². The maximum absolute atomic E-state index is 4.32. The Morgan fingerprint density at radius 1 is 1.56 bits per heavy atom. The smallest absolute Gasteiger partial charge is 0.209 e. The van der Waals surface area contributed by atoms with Gasteiger partial charge in [0.25, 0.3) is 0 Å². The monoisotopic (exact) mass is 252 g/mol. The summed E-state index contributed by atoms with van der Waals surface area (Å²) in [4.78, 5) is 12.7. The Balaban J connectivity index is 2.16. The van der Waals surface area contributed by atoms with Crippen molar-refractivity contribution >= 4 is 34.4 Å². The Kier molecular flexibility index (Phi) is 3.74. The van der Waals surface area contributed by atoms with Crippen molar-refractivity contribution in [2.45, 2.75) is 12.1 Å². The number of hydrogen-bond acceptors (Lipinski definition) is 5. The summed E-state index contributed by atoms with van der Waals surface area (Å²) in [5, 5.41) is 3.70. The highest BCUT2D eigenvalue weighted by molar-refractivity contribution is 7.99. The highest BCUT2D eigenvalue weighted by atomic mass is 32.2. The molecule has 4 nitrogen and oxygen atoms in total. The van der Waals surface area contributed by atoms with Gasteiger partial charge in [-0.15, -0.1) is 11.3 Å². The molecule has 0 aromatic carbocycles. The fourth-order valence-electron chi connectivity index (χ4n) is 1.19. The Hall–Kier alpha value is -1.14. The van der Waals surface area contributed by atoms with Crippen LogP contribution in [0.4, 0.5) is 5.13 Å². The van der Waals surface area contributed by atoms with Crippen LogP contribution < -0.4 is 0 Å². The summed E-state index contributed by atoms with van der Waals surface area (Å²) in [6.07, 6.45) is 5.37. The van der Waals surface area contributed by atoms with Crippen molar-refractivity contribution in [3.63, 3.8) is 0 Å². The minimum atomic E-state index is 0.769. The summed E-state index contributed by atoms with van der Waals surface area (Å²) >= 11 is 3.24. The van der Waals surface area contributed by atoms with Gasteiger partial charge in [-0.1, -0.05) is 18.7 Å². The number of imidazole rings is 1. The average molecular weight is 252 g/mol. The molecular weight excluding hydrogens is 240 g/mol. The first-order chi connectivity index (χ1) is 7.81. The predicted molar refractivity (Wildman–Crippen MR) is 69.0 cm³/mol. The van der Waals surface area contributed by atoms with Crippen LogP contribution in [-0.4, -0.2) is 26.5 Å². The third-order valence-electron chi connectivity index (χ3n) is 1.98. The van der Waals surface area contributed by atoms with Crippen LogP contribution in [0, 0.1) is 0 Å². The van der Waals surface area contributed by atoms with Gasteiger partial charge in [-0.05, 0) is 5.75 Å². The molecule has 2 aromatic rings. The number of aliphatic imine (C=N–C) groups is 1. The summed E-state index contributed by atoms with van der Waals surface area (Å²) in [5.74, 6) is 1.02. The number of thiazole rings is 1.